The highest BCUT2D eigenvalue weighted by Gasteiger charge is 2.22. The van der Waals surface area contributed by atoms with E-state index in [0.717, 1.165) is 5.56 Å². The molecule has 1 aromatic heterocycles. The van der Waals surface area contributed by atoms with Gasteiger partial charge in [-0.3, -0.25) is 4.79 Å². The van der Waals surface area contributed by atoms with E-state index in [1.54, 1.807) is 12.1 Å². The van der Waals surface area contributed by atoms with Gasteiger partial charge in [0.15, 0.2) is 29.1 Å². The molecule has 0 bridgehead atoms. The zero-order chi connectivity index (χ0) is 17.8. The van der Waals surface area contributed by atoms with Crippen LogP contribution in [0.1, 0.15) is 23.0 Å². The van der Waals surface area contributed by atoms with Crippen molar-refractivity contribution in [3.63, 3.8) is 0 Å². The molecule has 3 rings (SSSR count). The number of nitrogens with one attached hydrogen (secondary N) is 1. The van der Waals surface area contributed by atoms with Crippen LogP contribution in [0.15, 0.2) is 30.6 Å². The van der Waals surface area contributed by atoms with Gasteiger partial charge in [0, 0.05) is 18.9 Å². The van der Waals surface area contributed by atoms with Crippen LogP contribution in [-0.2, 0) is 16.1 Å². The number of nitrogens with two attached hydrogens (primary N) is 1. The first-order chi connectivity index (χ1) is 12.0. The second-order valence-electron chi connectivity index (χ2n) is 5.24. The topological polar surface area (TPSA) is 126 Å². The van der Waals surface area contributed by atoms with Crippen LogP contribution in [0, 0.1) is 0 Å². The fourth-order valence-electron chi connectivity index (χ4n) is 2.16. The van der Waals surface area contributed by atoms with E-state index in [1.807, 2.05) is 6.07 Å². The number of ether oxygens (including phenoxy) is 3. The van der Waals surface area contributed by atoms with Gasteiger partial charge in [0.1, 0.15) is 0 Å². The van der Waals surface area contributed by atoms with Gasteiger partial charge in [-0.1, -0.05) is 6.07 Å². The maximum atomic E-state index is 12.1. The van der Waals surface area contributed by atoms with E-state index in [0.29, 0.717) is 11.5 Å². The molecular weight excluding hydrogens is 328 g/mol. The van der Waals surface area contributed by atoms with Crippen molar-refractivity contribution in [2.75, 3.05) is 12.5 Å². The Morgan fingerprint density at radius 3 is 2.84 bits per heavy atom. The molecule has 2 heterocycles. The summed E-state index contributed by atoms with van der Waals surface area (Å²) in [6.45, 7) is 1.90. The number of fused-ring (bicyclic) bond motifs is 1. The molecule has 0 radical (unpaired) electrons. The van der Waals surface area contributed by atoms with Crippen molar-refractivity contribution in [3.05, 3.63) is 41.9 Å². The number of aromatic nitrogens is 2. The van der Waals surface area contributed by atoms with Crippen molar-refractivity contribution in [3.8, 4) is 11.5 Å². The third kappa shape index (κ3) is 3.77. The SMILES string of the molecule is CC(OC(=O)c1nccnc1N)C(=O)NCc1ccc2c(c1)OCO2. The van der Waals surface area contributed by atoms with E-state index in [4.69, 9.17) is 19.9 Å². The quantitative estimate of drug-likeness (QED) is 0.757. The van der Waals surface area contributed by atoms with Gasteiger partial charge in [-0.15, -0.1) is 0 Å². The second kappa shape index (κ2) is 7.04. The van der Waals surface area contributed by atoms with E-state index in [1.165, 1.54) is 19.3 Å². The van der Waals surface area contributed by atoms with Gasteiger partial charge in [-0.05, 0) is 24.6 Å². The van der Waals surface area contributed by atoms with Crippen LogP contribution in [0.4, 0.5) is 5.82 Å². The summed E-state index contributed by atoms with van der Waals surface area (Å²) in [5.74, 6) is -0.0198. The molecule has 2 aromatic rings. The molecule has 0 spiro atoms. The number of amides is 1. The molecule has 0 fully saturated rings. The number of hydrogen-bond acceptors (Lipinski definition) is 8. The number of carbonyl (C=O) groups excluding carboxylic acids is 2. The Morgan fingerprint density at radius 1 is 1.28 bits per heavy atom. The monoisotopic (exact) mass is 344 g/mol. The number of nitrogens with zero attached hydrogens (tertiary/aromatic N) is 2. The van der Waals surface area contributed by atoms with E-state index < -0.39 is 18.0 Å². The summed E-state index contributed by atoms with van der Waals surface area (Å²) in [6.07, 6.45) is 1.66. The predicted octanol–water partition coefficient (Wildman–Crippen LogP) is 0.649. The summed E-state index contributed by atoms with van der Waals surface area (Å²) >= 11 is 0. The summed E-state index contributed by atoms with van der Waals surface area (Å²) in [6, 6.07) is 5.36. The van der Waals surface area contributed by atoms with Gasteiger partial charge in [-0.2, -0.15) is 0 Å². The maximum Gasteiger partial charge on any atom is 0.361 e. The highest BCUT2D eigenvalue weighted by atomic mass is 16.7. The van der Waals surface area contributed by atoms with Gasteiger partial charge in [0.05, 0.1) is 0 Å². The van der Waals surface area contributed by atoms with Crippen molar-refractivity contribution >= 4 is 17.7 Å². The molecule has 1 aromatic carbocycles. The molecule has 1 amide bonds. The average molecular weight is 344 g/mol. The number of benzene rings is 1. The minimum atomic E-state index is -1.01. The zero-order valence-corrected chi connectivity index (χ0v) is 13.4. The van der Waals surface area contributed by atoms with Crippen molar-refractivity contribution in [1.82, 2.24) is 15.3 Å². The molecule has 9 nitrogen and oxygen atoms in total. The predicted molar refractivity (Wildman–Crippen MR) is 85.7 cm³/mol. The van der Waals surface area contributed by atoms with E-state index >= 15 is 0 Å². The van der Waals surface area contributed by atoms with Crippen LogP contribution in [0.25, 0.3) is 0 Å². The summed E-state index contributed by atoms with van der Waals surface area (Å²) in [5.41, 5.74) is 6.26. The fraction of sp³-hybridized carbons (Fsp3) is 0.250. The van der Waals surface area contributed by atoms with Crippen LogP contribution in [0.5, 0.6) is 11.5 Å². The maximum absolute atomic E-state index is 12.1. The molecule has 1 unspecified atom stereocenters. The Kier molecular flexibility index (Phi) is 4.64. The lowest BCUT2D eigenvalue weighted by molar-refractivity contribution is -0.129. The number of esters is 1. The van der Waals surface area contributed by atoms with Crippen molar-refractivity contribution in [1.29, 1.82) is 0 Å². The Hall–Kier alpha value is -3.36. The Balaban J connectivity index is 1.54. The van der Waals surface area contributed by atoms with E-state index in [-0.39, 0.29) is 24.8 Å². The van der Waals surface area contributed by atoms with Crippen molar-refractivity contribution in [2.24, 2.45) is 0 Å². The molecule has 0 saturated heterocycles. The third-order valence-corrected chi connectivity index (χ3v) is 3.48. The lowest BCUT2D eigenvalue weighted by Crippen LogP contribution is -2.35. The highest BCUT2D eigenvalue weighted by Crippen LogP contribution is 2.32. The second-order valence-corrected chi connectivity index (χ2v) is 5.24. The van der Waals surface area contributed by atoms with Crippen LogP contribution in [0.2, 0.25) is 0 Å². The van der Waals surface area contributed by atoms with Gasteiger partial charge >= 0.3 is 5.97 Å². The smallest absolute Gasteiger partial charge is 0.361 e. The van der Waals surface area contributed by atoms with E-state index in [2.05, 4.69) is 15.3 Å². The minimum absolute atomic E-state index is 0.0551. The molecule has 1 atom stereocenters. The normalized spacial score (nSPS) is 13.2. The first kappa shape index (κ1) is 16.5. The molecular formula is C16H16N4O5. The molecule has 9 heteroatoms. The fourth-order valence-corrected chi connectivity index (χ4v) is 2.16. The minimum Gasteiger partial charge on any atom is -0.454 e. The van der Waals surface area contributed by atoms with Crippen molar-refractivity contribution in [2.45, 2.75) is 19.6 Å². The van der Waals surface area contributed by atoms with Crippen LogP contribution < -0.4 is 20.5 Å². The van der Waals surface area contributed by atoms with Crippen molar-refractivity contribution < 1.29 is 23.8 Å². The first-order valence-electron chi connectivity index (χ1n) is 7.48. The molecule has 0 aliphatic carbocycles. The van der Waals surface area contributed by atoms with Gasteiger partial charge in [-0.25, -0.2) is 14.8 Å². The molecule has 3 N–H and O–H groups in total. The van der Waals surface area contributed by atoms with E-state index in [9.17, 15) is 9.59 Å². The number of hydrogen-bond donors (Lipinski definition) is 2. The number of rotatable bonds is 5. The Bertz CT molecular complexity index is 811. The van der Waals surface area contributed by atoms with Gasteiger partial charge < -0.3 is 25.3 Å². The number of nitrogen functional groups attached to an aromatic ring is 1. The molecule has 1 aliphatic rings. The van der Waals surface area contributed by atoms with Gasteiger partial charge in [0.2, 0.25) is 6.79 Å². The molecule has 0 saturated carbocycles. The standard InChI is InChI=1S/C16H16N4O5/c1-9(25-16(22)13-14(17)19-5-4-18-13)15(21)20-7-10-2-3-11-12(6-10)24-8-23-11/h2-6,9H,7-8H2,1H3,(H2,17,19)(H,20,21). The summed E-state index contributed by atoms with van der Waals surface area (Å²) in [7, 11) is 0. The zero-order valence-electron chi connectivity index (χ0n) is 13.4. The third-order valence-electron chi connectivity index (χ3n) is 3.48. The van der Waals surface area contributed by atoms with Crippen LogP contribution >= 0.6 is 0 Å². The Labute approximate surface area is 143 Å². The Morgan fingerprint density at radius 2 is 2.04 bits per heavy atom. The summed E-state index contributed by atoms with van der Waals surface area (Å²) in [5, 5.41) is 2.68. The van der Waals surface area contributed by atoms with Crippen LogP contribution in [0.3, 0.4) is 0 Å². The van der Waals surface area contributed by atoms with Crippen LogP contribution in [-0.4, -0.2) is 34.7 Å². The average Bonchev–Trinajstić information content (AvgIpc) is 3.07. The lowest BCUT2D eigenvalue weighted by Gasteiger charge is -2.13. The largest absolute Gasteiger partial charge is 0.454 e. The number of carbonyl (C=O) groups is 2. The number of anilines is 1. The summed E-state index contributed by atoms with van der Waals surface area (Å²) in [4.78, 5) is 31.6. The molecule has 1 aliphatic heterocycles. The summed E-state index contributed by atoms with van der Waals surface area (Å²) < 4.78 is 15.6. The lowest BCUT2D eigenvalue weighted by atomic mass is 10.2. The highest BCUT2D eigenvalue weighted by molar-refractivity contribution is 5.93. The van der Waals surface area contributed by atoms with Gasteiger partial charge in [0.25, 0.3) is 5.91 Å². The first-order valence-corrected chi connectivity index (χ1v) is 7.48. The molecule has 25 heavy (non-hydrogen) atoms. The molecule has 130 valence electrons.